The largest absolute Gasteiger partial charge is 0.468 e. The summed E-state index contributed by atoms with van der Waals surface area (Å²) in [6.45, 7) is 1.07. The molecule has 0 saturated carbocycles. The van der Waals surface area contributed by atoms with Crippen molar-refractivity contribution >= 4 is 33.2 Å². The minimum absolute atomic E-state index is 0.225. The predicted molar refractivity (Wildman–Crippen MR) is 60.6 cm³/mol. The van der Waals surface area contributed by atoms with Gasteiger partial charge in [0.15, 0.2) is 0 Å². The van der Waals surface area contributed by atoms with Crippen LogP contribution in [0.15, 0.2) is 15.9 Å². The van der Waals surface area contributed by atoms with E-state index in [1.807, 2.05) is 0 Å². The molecule has 0 fully saturated rings. The molecule has 0 saturated heterocycles. The summed E-state index contributed by atoms with van der Waals surface area (Å²) in [7, 11) is 1.39. The molecule has 5 heteroatoms. The first-order chi connectivity index (χ1) is 6.72. The minimum atomic E-state index is -0.225. The fraction of sp³-hybridized carbons (Fsp3) is 0.444. The molecule has 1 aromatic heterocycles. The highest BCUT2D eigenvalue weighted by Crippen LogP contribution is 2.19. The van der Waals surface area contributed by atoms with Crippen LogP contribution in [0.2, 0.25) is 0 Å². The maximum Gasteiger partial charge on any atom is 0.319 e. The standard InChI is InChI=1S/C9H12BrNO2S/c1-13-9(12)5-11-3-2-8-4-7(10)6-14-8/h4,6,11H,2-3,5H2,1H3. The van der Waals surface area contributed by atoms with Gasteiger partial charge in [0, 0.05) is 21.3 Å². The SMILES string of the molecule is COC(=O)CNCCc1cc(Br)cs1. The van der Waals surface area contributed by atoms with Crippen LogP contribution in [0.25, 0.3) is 0 Å². The Labute approximate surface area is 95.6 Å². The summed E-state index contributed by atoms with van der Waals surface area (Å²) in [5, 5.41) is 5.06. The summed E-state index contributed by atoms with van der Waals surface area (Å²) in [5.74, 6) is -0.225. The molecule has 0 radical (unpaired) electrons. The van der Waals surface area contributed by atoms with Gasteiger partial charge in [-0.25, -0.2) is 0 Å². The van der Waals surface area contributed by atoms with Crippen LogP contribution in [0.1, 0.15) is 4.88 Å². The van der Waals surface area contributed by atoms with Crippen molar-refractivity contribution in [1.82, 2.24) is 5.32 Å². The van der Waals surface area contributed by atoms with E-state index in [9.17, 15) is 4.79 Å². The number of halogens is 1. The van der Waals surface area contributed by atoms with Gasteiger partial charge in [-0.05, 0) is 28.4 Å². The first-order valence-corrected chi connectivity index (χ1v) is 5.90. The fourth-order valence-electron chi connectivity index (χ4n) is 0.959. The number of thiophene rings is 1. The summed E-state index contributed by atoms with van der Waals surface area (Å²) >= 11 is 5.10. The highest BCUT2D eigenvalue weighted by atomic mass is 79.9. The van der Waals surface area contributed by atoms with Gasteiger partial charge in [-0.3, -0.25) is 4.79 Å². The highest BCUT2D eigenvalue weighted by molar-refractivity contribution is 9.10. The Hall–Kier alpha value is -0.390. The second kappa shape index (κ2) is 6.16. The molecule has 0 aliphatic rings. The maximum absolute atomic E-state index is 10.7. The van der Waals surface area contributed by atoms with E-state index in [1.54, 1.807) is 11.3 Å². The van der Waals surface area contributed by atoms with Gasteiger partial charge in [-0.2, -0.15) is 0 Å². The lowest BCUT2D eigenvalue weighted by Crippen LogP contribution is -2.25. The summed E-state index contributed by atoms with van der Waals surface area (Å²) in [5.41, 5.74) is 0. The van der Waals surface area contributed by atoms with E-state index in [-0.39, 0.29) is 12.5 Å². The molecule has 0 bridgehead atoms. The predicted octanol–water partition coefficient (Wildman–Crippen LogP) is 1.82. The monoisotopic (exact) mass is 277 g/mol. The lowest BCUT2D eigenvalue weighted by atomic mass is 10.3. The lowest BCUT2D eigenvalue weighted by Gasteiger charge is -2.01. The topological polar surface area (TPSA) is 38.3 Å². The third-order valence-corrected chi connectivity index (χ3v) is 3.42. The summed E-state index contributed by atoms with van der Waals surface area (Å²) in [6, 6.07) is 2.09. The van der Waals surface area contributed by atoms with Crippen molar-refractivity contribution < 1.29 is 9.53 Å². The van der Waals surface area contributed by atoms with Crippen LogP contribution in [0.3, 0.4) is 0 Å². The molecule has 0 aromatic carbocycles. The molecule has 3 nitrogen and oxygen atoms in total. The smallest absolute Gasteiger partial charge is 0.319 e. The molecule has 78 valence electrons. The van der Waals surface area contributed by atoms with Crippen LogP contribution in [0, 0.1) is 0 Å². The van der Waals surface area contributed by atoms with Crippen LogP contribution in [-0.2, 0) is 16.0 Å². The molecule has 0 aliphatic heterocycles. The van der Waals surface area contributed by atoms with Crippen molar-refractivity contribution in [3.05, 3.63) is 20.8 Å². The van der Waals surface area contributed by atoms with Crippen LogP contribution < -0.4 is 5.32 Å². The van der Waals surface area contributed by atoms with Gasteiger partial charge in [-0.15, -0.1) is 11.3 Å². The van der Waals surface area contributed by atoms with E-state index >= 15 is 0 Å². The van der Waals surface area contributed by atoms with Crippen LogP contribution >= 0.6 is 27.3 Å². The summed E-state index contributed by atoms with van der Waals surface area (Å²) in [4.78, 5) is 12.0. The number of esters is 1. The van der Waals surface area contributed by atoms with Gasteiger partial charge in [-0.1, -0.05) is 0 Å². The molecule has 0 spiro atoms. The van der Waals surface area contributed by atoms with Gasteiger partial charge in [0.1, 0.15) is 0 Å². The average molecular weight is 278 g/mol. The number of rotatable bonds is 5. The van der Waals surface area contributed by atoms with E-state index in [0.29, 0.717) is 0 Å². The molecular weight excluding hydrogens is 266 g/mol. The van der Waals surface area contributed by atoms with Gasteiger partial charge in [0.2, 0.25) is 0 Å². The van der Waals surface area contributed by atoms with E-state index in [4.69, 9.17) is 0 Å². The van der Waals surface area contributed by atoms with Crippen LogP contribution in [-0.4, -0.2) is 26.2 Å². The highest BCUT2D eigenvalue weighted by Gasteiger charge is 2.00. The molecule has 1 heterocycles. The van der Waals surface area contributed by atoms with Crippen molar-refractivity contribution in [1.29, 1.82) is 0 Å². The van der Waals surface area contributed by atoms with E-state index in [0.717, 1.165) is 17.4 Å². The maximum atomic E-state index is 10.7. The zero-order chi connectivity index (χ0) is 10.4. The van der Waals surface area contributed by atoms with Crippen LogP contribution in [0.4, 0.5) is 0 Å². The lowest BCUT2D eigenvalue weighted by molar-refractivity contribution is -0.139. The zero-order valence-electron chi connectivity index (χ0n) is 7.88. The molecule has 0 atom stereocenters. The Balaban J connectivity index is 2.13. The molecule has 1 rings (SSSR count). The van der Waals surface area contributed by atoms with E-state index in [2.05, 4.69) is 37.4 Å². The first-order valence-electron chi connectivity index (χ1n) is 4.23. The van der Waals surface area contributed by atoms with E-state index in [1.165, 1.54) is 12.0 Å². The van der Waals surface area contributed by atoms with Gasteiger partial charge < -0.3 is 10.1 Å². The van der Waals surface area contributed by atoms with Gasteiger partial charge in [0.25, 0.3) is 0 Å². The fourth-order valence-corrected chi connectivity index (χ4v) is 2.41. The Morgan fingerprint density at radius 1 is 1.71 bits per heavy atom. The van der Waals surface area contributed by atoms with Gasteiger partial charge >= 0.3 is 5.97 Å². The molecule has 14 heavy (non-hydrogen) atoms. The first kappa shape index (κ1) is 11.7. The van der Waals surface area contributed by atoms with E-state index < -0.39 is 0 Å². The molecular formula is C9H12BrNO2S. The average Bonchev–Trinajstić information content (AvgIpc) is 2.58. The van der Waals surface area contributed by atoms with Gasteiger partial charge in [0.05, 0.1) is 13.7 Å². The summed E-state index contributed by atoms with van der Waals surface area (Å²) < 4.78 is 5.62. The Kier molecular flexibility index (Phi) is 5.14. The summed E-state index contributed by atoms with van der Waals surface area (Å²) in [6.07, 6.45) is 0.938. The number of ether oxygens (including phenoxy) is 1. The molecule has 1 aromatic rings. The number of hydrogen-bond donors (Lipinski definition) is 1. The van der Waals surface area contributed by atoms with Crippen molar-refractivity contribution in [2.45, 2.75) is 6.42 Å². The second-order valence-corrected chi connectivity index (χ2v) is 4.65. The Bertz CT molecular complexity index is 301. The number of methoxy groups -OCH3 is 1. The van der Waals surface area contributed by atoms with Crippen molar-refractivity contribution in [3.63, 3.8) is 0 Å². The normalized spacial score (nSPS) is 10.1. The van der Waals surface area contributed by atoms with Crippen molar-refractivity contribution in [2.75, 3.05) is 20.2 Å². The second-order valence-electron chi connectivity index (χ2n) is 2.73. The quantitative estimate of drug-likeness (QED) is 0.659. The minimum Gasteiger partial charge on any atom is -0.468 e. The third kappa shape index (κ3) is 4.21. The Morgan fingerprint density at radius 3 is 3.07 bits per heavy atom. The molecule has 0 amide bonds. The Morgan fingerprint density at radius 2 is 2.50 bits per heavy atom. The molecule has 0 unspecified atom stereocenters. The number of hydrogen-bond acceptors (Lipinski definition) is 4. The molecule has 0 aliphatic carbocycles. The van der Waals surface area contributed by atoms with Crippen LogP contribution in [0.5, 0.6) is 0 Å². The molecule has 1 N–H and O–H groups in total. The number of nitrogens with one attached hydrogen (secondary N) is 1. The van der Waals surface area contributed by atoms with Crippen molar-refractivity contribution in [3.8, 4) is 0 Å². The number of carbonyl (C=O) groups is 1. The third-order valence-electron chi connectivity index (χ3n) is 1.67. The zero-order valence-corrected chi connectivity index (χ0v) is 10.3. The van der Waals surface area contributed by atoms with Crippen molar-refractivity contribution in [2.24, 2.45) is 0 Å². The number of carbonyl (C=O) groups excluding carboxylic acids is 1.